The number of carbonyl (C=O) groups excluding carboxylic acids is 2. The van der Waals surface area contributed by atoms with Crippen LogP contribution in [-0.2, 0) is 9.59 Å². The number of ketones is 1. The van der Waals surface area contributed by atoms with Crippen molar-refractivity contribution in [2.75, 3.05) is 20.6 Å². The topological polar surface area (TPSA) is 49.4 Å². The second kappa shape index (κ2) is 4.87. The van der Waals surface area contributed by atoms with E-state index in [4.69, 9.17) is 0 Å². The first-order valence-corrected chi connectivity index (χ1v) is 3.90. The molecule has 0 aliphatic rings. The van der Waals surface area contributed by atoms with E-state index in [2.05, 4.69) is 5.32 Å². The second-order valence-corrected chi connectivity index (χ2v) is 2.87. The standard InChI is InChI=1S/C8H16N2O2/c1-6(7(2)11)10(4)5-8(12)9-3/h6H,5H2,1-4H3,(H,9,12). The average Bonchev–Trinajstić information content (AvgIpc) is 2.02. The fraction of sp³-hybridized carbons (Fsp3) is 0.750. The number of hydrogen-bond acceptors (Lipinski definition) is 3. The summed E-state index contributed by atoms with van der Waals surface area (Å²) in [5.41, 5.74) is 0. The predicted molar refractivity (Wildman–Crippen MR) is 46.8 cm³/mol. The molecule has 12 heavy (non-hydrogen) atoms. The molecule has 0 spiro atoms. The molecule has 70 valence electrons. The molecule has 0 aliphatic carbocycles. The molecule has 0 aromatic carbocycles. The van der Waals surface area contributed by atoms with Crippen molar-refractivity contribution < 1.29 is 9.59 Å². The van der Waals surface area contributed by atoms with Crippen LogP contribution in [0.5, 0.6) is 0 Å². The SMILES string of the molecule is CNC(=O)CN(C)C(C)C(C)=O. The fourth-order valence-electron chi connectivity index (χ4n) is 0.753. The number of carbonyl (C=O) groups is 2. The van der Waals surface area contributed by atoms with Crippen molar-refractivity contribution in [2.24, 2.45) is 0 Å². The van der Waals surface area contributed by atoms with E-state index >= 15 is 0 Å². The molecule has 0 radical (unpaired) electrons. The molecule has 0 heterocycles. The third-order valence-corrected chi connectivity index (χ3v) is 1.92. The molecule has 0 fully saturated rings. The molecule has 1 N–H and O–H groups in total. The van der Waals surface area contributed by atoms with Crippen LogP contribution in [0, 0.1) is 0 Å². The number of likely N-dealkylation sites (N-methyl/N-ethyl adjacent to an activating group) is 2. The van der Waals surface area contributed by atoms with Crippen molar-refractivity contribution in [3.8, 4) is 0 Å². The molecule has 4 heteroatoms. The van der Waals surface area contributed by atoms with Crippen molar-refractivity contribution in [3.63, 3.8) is 0 Å². The zero-order chi connectivity index (χ0) is 9.72. The summed E-state index contributed by atoms with van der Waals surface area (Å²) in [6.45, 7) is 3.56. The number of hydrogen-bond donors (Lipinski definition) is 1. The smallest absolute Gasteiger partial charge is 0.233 e. The summed E-state index contributed by atoms with van der Waals surface area (Å²) in [7, 11) is 3.33. The quantitative estimate of drug-likeness (QED) is 0.630. The lowest BCUT2D eigenvalue weighted by Crippen LogP contribution is -2.41. The van der Waals surface area contributed by atoms with Crippen molar-refractivity contribution in [3.05, 3.63) is 0 Å². The van der Waals surface area contributed by atoms with Gasteiger partial charge in [0.15, 0.2) is 0 Å². The van der Waals surface area contributed by atoms with Crippen LogP contribution in [0.4, 0.5) is 0 Å². The highest BCUT2D eigenvalue weighted by atomic mass is 16.2. The van der Waals surface area contributed by atoms with Gasteiger partial charge in [0.25, 0.3) is 0 Å². The lowest BCUT2D eigenvalue weighted by atomic mass is 10.2. The van der Waals surface area contributed by atoms with Gasteiger partial charge in [-0.25, -0.2) is 0 Å². The van der Waals surface area contributed by atoms with Crippen LogP contribution in [0.2, 0.25) is 0 Å². The van der Waals surface area contributed by atoms with Crippen LogP contribution in [0.1, 0.15) is 13.8 Å². The maximum atomic E-state index is 10.9. The zero-order valence-electron chi connectivity index (χ0n) is 8.05. The first-order chi connectivity index (χ1) is 5.49. The monoisotopic (exact) mass is 172 g/mol. The molecular weight excluding hydrogens is 156 g/mol. The molecule has 0 aliphatic heterocycles. The van der Waals surface area contributed by atoms with E-state index in [9.17, 15) is 9.59 Å². The first-order valence-electron chi connectivity index (χ1n) is 3.90. The Morgan fingerprint density at radius 3 is 2.33 bits per heavy atom. The minimum atomic E-state index is -0.192. The molecule has 0 aromatic heterocycles. The number of Topliss-reactive ketones (excluding diaryl/α,β-unsaturated/α-hetero) is 1. The van der Waals surface area contributed by atoms with E-state index in [-0.39, 0.29) is 24.3 Å². The normalized spacial score (nSPS) is 12.8. The summed E-state index contributed by atoms with van der Waals surface area (Å²) >= 11 is 0. The molecular formula is C8H16N2O2. The van der Waals surface area contributed by atoms with Gasteiger partial charge in [-0.3, -0.25) is 14.5 Å². The third kappa shape index (κ3) is 3.48. The lowest BCUT2D eigenvalue weighted by Gasteiger charge is -2.20. The summed E-state index contributed by atoms with van der Waals surface area (Å²) in [6.07, 6.45) is 0. The second-order valence-electron chi connectivity index (χ2n) is 2.87. The summed E-state index contributed by atoms with van der Waals surface area (Å²) < 4.78 is 0. The van der Waals surface area contributed by atoms with Crippen LogP contribution in [-0.4, -0.2) is 43.3 Å². The largest absolute Gasteiger partial charge is 0.358 e. The summed E-state index contributed by atoms with van der Waals surface area (Å²) in [5, 5.41) is 2.50. The highest BCUT2D eigenvalue weighted by molar-refractivity contribution is 5.82. The van der Waals surface area contributed by atoms with Crippen molar-refractivity contribution in [1.82, 2.24) is 10.2 Å². The van der Waals surface area contributed by atoms with Gasteiger partial charge in [-0.1, -0.05) is 0 Å². The van der Waals surface area contributed by atoms with Gasteiger partial charge in [-0.05, 0) is 20.9 Å². The molecule has 1 atom stereocenters. The highest BCUT2D eigenvalue weighted by Gasteiger charge is 2.15. The van der Waals surface area contributed by atoms with Gasteiger partial charge in [-0.15, -0.1) is 0 Å². The maximum absolute atomic E-state index is 10.9. The Morgan fingerprint density at radius 1 is 1.50 bits per heavy atom. The average molecular weight is 172 g/mol. The Morgan fingerprint density at radius 2 is 2.00 bits per heavy atom. The van der Waals surface area contributed by atoms with Gasteiger partial charge >= 0.3 is 0 Å². The van der Waals surface area contributed by atoms with Gasteiger partial charge in [0.2, 0.25) is 5.91 Å². The van der Waals surface area contributed by atoms with E-state index in [0.717, 1.165) is 0 Å². The molecule has 0 saturated carbocycles. The minimum absolute atomic E-state index is 0.0707. The molecule has 0 rings (SSSR count). The van der Waals surface area contributed by atoms with Gasteiger partial charge in [0, 0.05) is 7.05 Å². The van der Waals surface area contributed by atoms with Gasteiger partial charge in [0.1, 0.15) is 5.78 Å². The van der Waals surface area contributed by atoms with E-state index in [0.29, 0.717) is 0 Å². The van der Waals surface area contributed by atoms with Gasteiger partial charge in [0.05, 0.1) is 12.6 Å². The molecule has 0 bridgehead atoms. The van der Waals surface area contributed by atoms with E-state index in [1.165, 1.54) is 6.92 Å². The Balaban J connectivity index is 3.94. The molecule has 4 nitrogen and oxygen atoms in total. The highest BCUT2D eigenvalue weighted by Crippen LogP contribution is 1.95. The Labute approximate surface area is 72.9 Å². The van der Waals surface area contributed by atoms with Crippen molar-refractivity contribution in [1.29, 1.82) is 0 Å². The van der Waals surface area contributed by atoms with E-state index in [1.54, 1.807) is 25.9 Å². The minimum Gasteiger partial charge on any atom is -0.358 e. The van der Waals surface area contributed by atoms with Gasteiger partial charge in [-0.2, -0.15) is 0 Å². The van der Waals surface area contributed by atoms with Crippen LogP contribution in [0.3, 0.4) is 0 Å². The van der Waals surface area contributed by atoms with E-state index < -0.39 is 0 Å². The molecule has 1 amide bonds. The van der Waals surface area contributed by atoms with Crippen molar-refractivity contribution >= 4 is 11.7 Å². The number of nitrogens with one attached hydrogen (secondary N) is 1. The lowest BCUT2D eigenvalue weighted by molar-refractivity contribution is -0.124. The number of amides is 1. The maximum Gasteiger partial charge on any atom is 0.233 e. The van der Waals surface area contributed by atoms with Crippen LogP contribution in [0.15, 0.2) is 0 Å². The first kappa shape index (κ1) is 11.1. The predicted octanol–water partition coefficient (Wildman–Crippen LogP) is -0.358. The van der Waals surface area contributed by atoms with Gasteiger partial charge < -0.3 is 5.32 Å². The number of rotatable bonds is 4. The Hall–Kier alpha value is -0.900. The van der Waals surface area contributed by atoms with Crippen LogP contribution < -0.4 is 5.32 Å². The van der Waals surface area contributed by atoms with Crippen LogP contribution in [0.25, 0.3) is 0 Å². The molecule has 1 unspecified atom stereocenters. The van der Waals surface area contributed by atoms with Crippen molar-refractivity contribution in [2.45, 2.75) is 19.9 Å². The summed E-state index contributed by atoms with van der Waals surface area (Å²) in [4.78, 5) is 23.5. The Bertz CT molecular complexity index is 180. The Kier molecular flexibility index (Phi) is 4.51. The zero-order valence-corrected chi connectivity index (χ0v) is 8.05. The third-order valence-electron chi connectivity index (χ3n) is 1.92. The van der Waals surface area contributed by atoms with Crippen LogP contribution >= 0.6 is 0 Å². The fourth-order valence-corrected chi connectivity index (χ4v) is 0.753. The molecule has 0 saturated heterocycles. The molecule has 0 aromatic rings. The number of nitrogens with zero attached hydrogens (tertiary/aromatic N) is 1. The summed E-state index contributed by atoms with van der Waals surface area (Å²) in [5.74, 6) is -0.00740. The van der Waals surface area contributed by atoms with E-state index in [1.807, 2.05) is 0 Å². The summed E-state index contributed by atoms with van der Waals surface area (Å²) in [6, 6.07) is -0.192.